The molecule has 278 valence electrons. The van der Waals surface area contributed by atoms with Gasteiger partial charge in [-0.05, 0) is 18.2 Å². The number of hydrogen-bond acceptors (Lipinski definition) is 20. The molecule has 6 rings (SSSR count). The smallest absolute Gasteiger partial charge is 0.335 e. The van der Waals surface area contributed by atoms with Crippen LogP contribution < -0.4 is 9.47 Å². The number of hydrogen-bond donors (Lipinski definition) is 11. The van der Waals surface area contributed by atoms with Gasteiger partial charge in [-0.15, -0.1) is 0 Å². The van der Waals surface area contributed by atoms with E-state index in [1.165, 1.54) is 6.08 Å². The standard InChI is InChI=1S/C31H34O20/c32-10-3-15-11-5-17(28(47-15)9-1-12(33)21(37)13(34)2-9)49-31-27(43)24(40)22(38)18(50-31)7-45-20(36)6-14(35)29(44)46-8-19-23(39)25(41)26(42)30(51-19)48-16(11)4-10/h1-5,14,18-19,22-28,30-35,37-43H,6-8H2. The summed E-state index contributed by atoms with van der Waals surface area (Å²) in [4.78, 5) is 24.9. The van der Waals surface area contributed by atoms with Crippen LogP contribution in [0.3, 0.4) is 0 Å². The Balaban J connectivity index is 1.44. The number of rotatable bonds is 1. The van der Waals surface area contributed by atoms with Crippen LogP contribution in [0.5, 0.6) is 34.5 Å². The zero-order valence-corrected chi connectivity index (χ0v) is 26.0. The lowest BCUT2D eigenvalue weighted by Crippen LogP contribution is -2.60. The maximum absolute atomic E-state index is 12.4. The van der Waals surface area contributed by atoms with Crippen LogP contribution >= 0.6 is 0 Å². The molecule has 4 aliphatic rings. The maximum Gasteiger partial charge on any atom is 0.335 e. The second-order valence-electron chi connectivity index (χ2n) is 12.1. The first kappa shape index (κ1) is 36.2. The van der Waals surface area contributed by atoms with Gasteiger partial charge in [0.2, 0.25) is 12.6 Å². The van der Waals surface area contributed by atoms with Gasteiger partial charge in [-0.25, -0.2) is 4.79 Å². The molecule has 2 aromatic rings. The van der Waals surface area contributed by atoms with Crippen LogP contribution in [0.1, 0.15) is 23.7 Å². The maximum atomic E-state index is 12.4. The van der Waals surface area contributed by atoms with Gasteiger partial charge in [-0.1, -0.05) is 0 Å². The molecule has 51 heavy (non-hydrogen) atoms. The molecular weight excluding hydrogens is 692 g/mol. The fourth-order valence-corrected chi connectivity index (χ4v) is 5.73. The van der Waals surface area contributed by atoms with E-state index >= 15 is 0 Å². The number of aliphatic hydroxyl groups excluding tert-OH is 7. The highest BCUT2D eigenvalue weighted by Gasteiger charge is 2.48. The summed E-state index contributed by atoms with van der Waals surface area (Å²) >= 11 is 0. The molecule has 0 aliphatic carbocycles. The topological polar surface area (TPSA) is 321 Å². The Morgan fingerprint density at radius 1 is 0.608 bits per heavy atom. The second kappa shape index (κ2) is 14.2. The number of carbonyl (C=O) groups excluding carboxylic acids is 2. The molecule has 0 aromatic heterocycles. The fourth-order valence-electron chi connectivity index (χ4n) is 5.73. The molecule has 4 aliphatic heterocycles. The van der Waals surface area contributed by atoms with E-state index in [0.29, 0.717) is 0 Å². The van der Waals surface area contributed by atoms with Crippen molar-refractivity contribution in [2.75, 3.05) is 13.2 Å². The molecule has 0 spiro atoms. The van der Waals surface area contributed by atoms with Gasteiger partial charge in [0.15, 0.2) is 29.5 Å². The highest BCUT2D eigenvalue weighted by molar-refractivity contribution is 5.81. The summed E-state index contributed by atoms with van der Waals surface area (Å²) in [7, 11) is 0. The summed E-state index contributed by atoms with van der Waals surface area (Å²) in [6, 6.07) is 4.13. The average molecular weight is 727 g/mol. The highest BCUT2D eigenvalue weighted by atomic mass is 16.7. The van der Waals surface area contributed by atoms with Crippen molar-refractivity contribution in [3.05, 3.63) is 41.2 Å². The van der Waals surface area contributed by atoms with E-state index in [1.807, 2.05) is 0 Å². The van der Waals surface area contributed by atoms with Gasteiger partial charge in [0, 0.05) is 17.7 Å². The zero-order chi connectivity index (χ0) is 36.9. The summed E-state index contributed by atoms with van der Waals surface area (Å²) < 4.78 is 39.0. The minimum atomic E-state index is -2.10. The molecule has 12 unspecified atom stereocenters. The average Bonchev–Trinajstić information content (AvgIpc) is 3.09. The van der Waals surface area contributed by atoms with Crippen molar-refractivity contribution >= 4 is 18.0 Å². The lowest BCUT2D eigenvalue weighted by Gasteiger charge is -2.41. The molecule has 0 saturated carbocycles. The number of phenols is 4. The van der Waals surface area contributed by atoms with Crippen LogP contribution in [0.4, 0.5) is 0 Å². The number of fused-ring (bicyclic) bond motifs is 4. The molecule has 20 heteroatoms. The normalized spacial score (nSPS) is 35.9. The van der Waals surface area contributed by atoms with Crippen molar-refractivity contribution in [1.82, 2.24) is 0 Å². The Morgan fingerprint density at radius 2 is 1.14 bits per heavy atom. The molecule has 0 radical (unpaired) electrons. The van der Waals surface area contributed by atoms with Gasteiger partial charge in [-0.2, -0.15) is 0 Å². The molecule has 4 heterocycles. The van der Waals surface area contributed by atoms with Gasteiger partial charge < -0.3 is 89.3 Å². The van der Waals surface area contributed by atoms with Gasteiger partial charge in [0.1, 0.15) is 85.1 Å². The van der Waals surface area contributed by atoms with Crippen molar-refractivity contribution < 1.29 is 98.9 Å². The first-order valence-corrected chi connectivity index (χ1v) is 15.4. The summed E-state index contributed by atoms with van der Waals surface area (Å²) in [5, 5.41) is 115. The lowest BCUT2D eigenvalue weighted by molar-refractivity contribution is -0.294. The predicted molar refractivity (Wildman–Crippen MR) is 159 cm³/mol. The SMILES string of the molecule is O=C1CC(O)C(=O)OCC2OC(Oc3cc(O)cc4c3C=C(OC3OC(CO1)C(O)C(O)C3O)C(c1cc(O)c(O)c(O)c1)O4)C(O)C(O)C2O. The van der Waals surface area contributed by atoms with E-state index in [0.717, 1.165) is 24.3 Å². The number of aromatic hydroxyl groups is 4. The molecule has 11 N–H and O–H groups in total. The van der Waals surface area contributed by atoms with Crippen LogP contribution in [0.25, 0.3) is 6.08 Å². The summed E-state index contributed by atoms with van der Waals surface area (Å²) in [5.41, 5.74) is -0.130. The quantitative estimate of drug-likeness (QED) is 0.102. The third kappa shape index (κ3) is 7.13. The van der Waals surface area contributed by atoms with E-state index in [-0.39, 0.29) is 28.4 Å². The third-order valence-electron chi connectivity index (χ3n) is 8.54. The molecule has 6 bridgehead atoms. The number of carbonyl (C=O) groups is 2. The number of cyclic esters (lactones) is 2. The van der Waals surface area contributed by atoms with Crippen molar-refractivity contribution in [3.63, 3.8) is 0 Å². The Labute approximate surface area is 286 Å². The van der Waals surface area contributed by atoms with Crippen LogP contribution in [0, 0.1) is 0 Å². The Bertz CT molecular complexity index is 1660. The van der Waals surface area contributed by atoms with Crippen LogP contribution in [-0.2, 0) is 33.3 Å². The monoisotopic (exact) mass is 726 g/mol. The summed E-state index contributed by atoms with van der Waals surface area (Å²) in [6.07, 6.45) is -21.7. The number of ether oxygens (including phenoxy) is 7. The fraction of sp³-hybridized carbons (Fsp3) is 0.484. The zero-order valence-electron chi connectivity index (χ0n) is 26.0. The minimum absolute atomic E-state index is 0.0560. The first-order chi connectivity index (χ1) is 24.1. The van der Waals surface area contributed by atoms with E-state index in [1.54, 1.807) is 0 Å². The van der Waals surface area contributed by atoms with Crippen LogP contribution in [-0.4, -0.2) is 149 Å². The van der Waals surface area contributed by atoms with E-state index in [9.17, 15) is 65.8 Å². The molecular formula is C31H34O20. The molecule has 2 saturated heterocycles. The minimum Gasteiger partial charge on any atom is -0.508 e. The number of esters is 2. The van der Waals surface area contributed by atoms with Gasteiger partial charge in [0.25, 0.3) is 0 Å². The van der Waals surface area contributed by atoms with Gasteiger partial charge >= 0.3 is 11.9 Å². The molecule has 12 atom stereocenters. The van der Waals surface area contributed by atoms with E-state index in [4.69, 9.17) is 33.2 Å². The number of benzene rings is 2. The first-order valence-electron chi connectivity index (χ1n) is 15.4. The molecule has 0 amide bonds. The Morgan fingerprint density at radius 3 is 1.73 bits per heavy atom. The van der Waals surface area contributed by atoms with Crippen molar-refractivity contribution in [1.29, 1.82) is 0 Å². The van der Waals surface area contributed by atoms with Crippen LogP contribution in [0.2, 0.25) is 0 Å². The third-order valence-corrected chi connectivity index (χ3v) is 8.54. The lowest BCUT2D eigenvalue weighted by atomic mass is 9.98. The largest absolute Gasteiger partial charge is 0.508 e. The van der Waals surface area contributed by atoms with Gasteiger partial charge in [0.05, 0.1) is 12.0 Å². The number of aliphatic hydroxyl groups is 7. The molecule has 20 nitrogen and oxygen atoms in total. The highest BCUT2D eigenvalue weighted by Crippen LogP contribution is 2.47. The van der Waals surface area contributed by atoms with Crippen molar-refractivity contribution in [3.8, 4) is 34.5 Å². The van der Waals surface area contributed by atoms with E-state index in [2.05, 4.69) is 0 Å². The molecule has 2 fully saturated rings. The number of phenolic OH excluding ortho intramolecular Hbond substituents is 4. The predicted octanol–water partition coefficient (Wildman–Crippen LogP) is -3.15. The van der Waals surface area contributed by atoms with E-state index < -0.39 is 128 Å². The Hall–Kier alpha value is -4.64. The Kier molecular flexibility index (Phi) is 10.0. The second-order valence-corrected chi connectivity index (χ2v) is 12.1. The molecule has 2 aromatic carbocycles. The van der Waals surface area contributed by atoms with Crippen molar-refractivity contribution in [2.24, 2.45) is 0 Å². The van der Waals surface area contributed by atoms with Gasteiger partial charge in [-0.3, -0.25) is 4.79 Å². The van der Waals surface area contributed by atoms with Crippen molar-refractivity contribution in [2.45, 2.75) is 80.0 Å². The van der Waals surface area contributed by atoms with Crippen LogP contribution in [0.15, 0.2) is 30.0 Å². The summed E-state index contributed by atoms with van der Waals surface area (Å²) in [5.74, 6) is -6.23. The summed E-state index contributed by atoms with van der Waals surface area (Å²) in [6.45, 7) is -1.60.